The fraction of sp³-hybridized carbons (Fsp3) is 0.238. The maximum absolute atomic E-state index is 13.6. The molecule has 0 saturated heterocycles. The summed E-state index contributed by atoms with van der Waals surface area (Å²) in [6.07, 6.45) is 0. The van der Waals surface area contributed by atoms with Crippen molar-refractivity contribution in [2.24, 2.45) is 0 Å². The quantitative estimate of drug-likeness (QED) is 0.711. The van der Waals surface area contributed by atoms with Crippen molar-refractivity contribution in [1.82, 2.24) is 15.1 Å². The summed E-state index contributed by atoms with van der Waals surface area (Å²) in [5.41, 5.74) is 2.63. The number of aromatic nitrogens is 2. The van der Waals surface area contributed by atoms with Crippen LogP contribution in [0.5, 0.6) is 0 Å². The number of benzene rings is 2. The number of nitrogens with one attached hydrogen (secondary N) is 2. The standard InChI is InChI=1S/C21H20F2N4O/c1-21(2)18-15(12-27(21)11-13-8-9-16(22)17(23)10-13)19(26-25-18)24-20(28)14-6-4-3-5-7-14/h3-10H,11-12H2,1-2H3,(H2,24,25,26,28). The van der Waals surface area contributed by atoms with Crippen LogP contribution in [0.4, 0.5) is 14.6 Å². The van der Waals surface area contributed by atoms with Gasteiger partial charge in [0.15, 0.2) is 17.5 Å². The van der Waals surface area contributed by atoms with E-state index in [2.05, 4.69) is 20.4 Å². The molecule has 144 valence electrons. The van der Waals surface area contributed by atoms with Crippen LogP contribution in [0.25, 0.3) is 0 Å². The second-order valence-electron chi connectivity index (χ2n) is 7.41. The monoisotopic (exact) mass is 382 g/mol. The summed E-state index contributed by atoms with van der Waals surface area (Å²) < 4.78 is 26.8. The van der Waals surface area contributed by atoms with Crippen molar-refractivity contribution < 1.29 is 13.6 Å². The first-order valence-electron chi connectivity index (χ1n) is 8.99. The molecule has 0 atom stereocenters. The van der Waals surface area contributed by atoms with Crippen LogP contribution in [0.3, 0.4) is 0 Å². The van der Waals surface area contributed by atoms with Crippen LogP contribution >= 0.6 is 0 Å². The minimum atomic E-state index is -0.857. The molecule has 0 spiro atoms. The summed E-state index contributed by atoms with van der Waals surface area (Å²) in [5, 5.41) is 10.2. The third-order valence-corrected chi connectivity index (χ3v) is 5.24. The maximum Gasteiger partial charge on any atom is 0.256 e. The average Bonchev–Trinajstić information content (AvgIpc) is 3.18. The van der Waals surface area contributed by atoms with Crippen LogP contribution in [-0.4, -0.2) is 21.0 Å². The molecular weight excluding hydrogens is 362 g/mol. The fourth-order valence-electron chi connectivity index (χ4n) is 3.56. The number of amides is 1. The highest BCUT2D eigenvalue weighted by molar-refractivity contribution is 6.04. The number of carbonyl (C=O) groups is 1. The highest BCUT2D eigenvalue weighted by Crippen LogP contribution is 2.41. The van der Waals surface area contributed by atoms with Gasteiger partial charge in [-0.3, -0.25) is 14.8 Å². The smallest absolute Gasteiger partial charge is 0.256 e. The van der Waals surface area contributed by atoms with E-state index in [0.717, 1.165) is 17.3 Å². The summed E-state index contributed by atoms with van der Waals surface area (Å²) in [7, 11) is 0. The topological polar surface area (TPSA) is 61.0 Å². The molecule has 3 aromatic rings. The van der Waals surface area contributed by atoms with Gasteiger partial charge in [-0.05, 0) is 43.7 Å². The van der Waals surface area contributed by atoms with Gasteiger partial charge in [0.1, 0.15) is 0 Å². The Hall–Kier alpha value is -3.06. The molecule has 1 amide bonds. The lowest BCUT2D eigenvalue weighted by Crippen LogP contribution is -2.35. The molecule has 1 aromatic heterocycles. The van der Waals surface area contributed by atoms with E-state index in [9.17, 15) is 13.6 Å². The number of nitrogens with zero attached hydrogens (tertiary/aromatic N) is 2. The van der Waals surface area contributed by atoms with Crippen LogP contribution in [0.2, 0.25) is 0 Å². The molecule has 4 rings (SSSR count). The van der Waals surface area contributed by atoms with E-state index in [-0.39, 0.29) is 5.91 Å². The first-order chi connectivity index (χ1) is 13.4. The summed E-state index contributed by atoms with van der Waals surface area (Å²) in [5.74, 6) is -1.45. The second kappa shape index (κ2) is 6.83. The first-order valence-corrected chi connectivity index (χ1v) is 8.99. The molecule has 7 heteroatoms. The zero-order valence-corrected chi connectivity index (χ0v) is 15.6. The van der Waals surface area contributed by atoms with Crippen LogP contribution in [0, 0.1) is 11.6 Å². The molecule has 2 N–H and O–H groups in total. The number of halogens is 2. The summed E-state index contributed by atoms with van der Waals surface area (Å²) in [6.45, 7) is 5.03. The first kappa shape index (κ1) is 18.3. The zero-order chi connectivity index (χ0) is 19.9. The molecule has 0 unspecified atom stereocenters. The van der Waals surface area contributed by atoms with Gasteiger partial charge in [0.25, 0.3) is 5.91 Å². The largest absolute Gasteiger partial charge is 0.305 e. The van der Waals surface area contributed by atoms with Crippen molar-refractivity contribution in [2.75, 3.05) is 5.32 Å². The third kappa shape index (κ3) is 3.18. The molecule has 2 aromatic carbocycles. The Labute approximate surface area is 161 Å². The van der Waals surface area contributed by atoms with Gasteiger partial charge in [0.05, 0.1) is 11.2 Å². The SMILES string of the molecule is CC1(C)c2[nH]nc(NC(=O)c3ccccc3)c2CN1Cc1ccc(F)c(F)c1. The number of aromatic amines is 1. The molecule has 0 bridgehead atoms. The van der Waals surface area contributed by atoms with Gasteiger partial charge < -0.3 is 5.32 Å². The Morgan fingerprint density at radius 1 is 1.18 bits per heavy atom. The van der Waals surface area contributed by atoms with E-state index in [1.807, 2.05) is 19.9 Å². The lowest BCUT2D eigenvalue weighted by Gasteiger charge is -2.31. The molecule has 28 heavy (non-hydrogen) atoms. The van der Waals surface area contributed by atoms with Crippen molar-refractivity contribution in [2.45, 2.75) is 32.5 Å². The van der Waals surface area contributed by atoms with E-state index in [0.29, 0.717) is 30.0 Å². The third-order valence-electron chi connectivity index (χ3n) is 5.24. The van der Waals surface area contributed by atoms with Gasteiger partial charge in [-0.1, -0.05) is 24.3 Å². The van der Waals surface area contributed by atoms with Crippen molar-refractivity contribution >= 4 is 11.7 Å². The van der Waals surface area contributed by atoms with Crippen molar-refractivity contribution in [3.8, 4) is 0 Å². The Bertz CT molecular complexity index is 1030. The van der Waals surface area contributed by atoms with Crippen molar-refractivity contribution in [3.63, 3.8) is 0 Å². The number of fused-ring (bicyclic) bond motifs is 1. The average molecular weight is 382 g/mol. The molecule has 0 radical (unpaired) electrons. The number of rotatable bonds is 4. The summed E-state index contributed by atoms with van der Waals surface area (Å²) in [4.78, 5) is 14.6. The van der Waals surface area contributed by atoms with Crippen molar-refractivity contribution in [3.05, 3.63) is 82.5 Å². The molecule has 0 saturated carbocycles. The Kier molecular flexibility index (Phi) is 4.47. The van der Waals surface area contributed by atoms with Gasteiger partial charge in [-0.15, -0.1) is 0 Å². The number of anilines is 1. The second-order valence-corrected chi connectivity index (χ2v) is 7.41. The number of hydrogen-bond acceptors (Lipinski definition) is 3. The van der Waals surface area contributed by atoms with Crippen LogP contribution in [-0.2, 0) is 18.6 Å². The fourth-order valence-corrected chi connectivity index (χ4v) is 3.56. The molecule has 0 aliphatic carbocycles. The Morgan fingerprint density at radius 2 is 1.93 bits per heavy atom. The van der Waals surface area contributed by atoms with Gasteiger partial charge in [0.2, 0.25) is 0 Å². The molecule has 2 heterocycles. The van der Waals surface area contributed by atoms with Crippen LogP contribution in [0.15, 0.2) is 48.5 Å². The highest BCUT2D eigenvalue weighted by Gasteiger charge is 2.41. The van der Waals surface area contributed by atoms with E-state index in [1.165, 1.54) is 6.07 Å². The van der Waals surface area contributed by atoms with Crippen LogP contribution < -0.4 is 5.32 Å². The van der Waals surface area contributed by atoms with Gasteiger partial charge >= 0.3 is 0 Å². The molecular formula is C21H20F2N4O. The zero-order valence-electron chi connectivity index (χ0n) is 15.6. The summed E-state index contributed by atoms with van der Waals surface area (Å²) >= 11 is 0. The van der Waals surface area contributed by atoms with E-state index >= 15 is 0 Å². The van der Waals surface area contributed by atoms with Crippen molar-refractivity contribution in [1.29, 1.82) is 0 Å². The van der Waals surface area contributed by atoms with Gasteiger partial charge in [-0.25, -0.2) is 8.78 Å². The molecule has 5 nitrogen and oxygen atoms in total. The number of H-pyrrole nitrogens is 1. The van der Waals surface area contributed by atoms with Gasteiger partial charge in [-0.2, -0.15) is 5.10 Å². The van der Waals surface area contributed by atoms with Gasteiger partial charge in [0, 0.05) is 24.2 Å². The minimum Gasteiger partial charge on any atom is -0.305 e. The lowest BCUT2D eigenvalue weighted by atomic mass is 10.00. The minimum absolute atomic E-state index is 0.230. The number of hydrogen-bond donors (Lipinski definition) is 2. The Morgan fingerprint density at radius 3 is 2.64 bits per heavy atom. The highest BCUT2D eigenvalue weighted by atomic mass is 19.2. The Balaban J connectivity index is 1.55. The molecule has 1 aliphatic heterocycles. The van der Waals surface area contributed by atoms with Crippen LogP contribution in [0.1, 0.15) is 41.0 Å². The predicted octanol–water partition coefficient (Wildman–Crippen LogP) is 4.19. The molecule has 1 aliphatic rings. The van der Waals surface area contributed by atoms with E-state index in [1.54, 1.807) is 30.3 Å². The molecule has 0 fully saturated rings. The normalized spacial score (nSPS) is 15.4. The van der Waals surface area contributed by atoms with E-state index in [4.69, 9.17) is 0 Å². The lowest BCUT2D eigenvalue weighted by molar-refractivity contribution is 0.102. The van der Waals surface area contributed by atoms with E-state index < -0.39 is 17.2 Å². The number of carbonyl (C=O) groups excluding carboxylic acids is 1. The maximum atomic E-state index is 13.6. The predicted molar refractivity (Wildman–Crippen MR) is 102 cm³/mol. The summed E-state index contributed by atoms with van der Waals surface area (Å²) in [6, 6.07) is 12.9.